The molecule has 0 aliphatic carbocycles. The second kappa shape index (κ2) is 8.95. The Bertz CT molecular complexity index is 311. The Kier molecular flexibility index (Phi) is 7.46. The lowest BCUT2D eigenvalue weighted by molar-refractivity contribution is 0.0527. The fraction of sp³-hybridized carbons (Fsp3) is 0.600. The van der Waals surface area contributed by atoms with E-state index in [0.29, 0.717) is 19.8 Å². The predicted octanol–water partition coefficient (Wildman–Crippen LogP) is 2.77. The fourth-order valence-corrected chi connectivity index (χ4v) is 1.85. The van der Waals surface area contributed by atoms with E-state index in [4.69, 9.17) is 15.2 Å². The molecule has 0 aliphatic rings. The Balaban J connectivity index is 2.30. The summed E-state index contributed by atoms with van der Waals surface area (Å²) < 4.78 is 11.2. The zero-order valence-electron chi connectivity index (χ0n) is 11.5. The quantitative estimate of drug-likeness (QED) is 0.734. The van der Waals surface area contributed by atoms with E-state index < -0.39 is 0 Å². The molecule has 2 N–H and O–H groups in total. The average molecular weight is 251 g/mol. The Morgan fingerprint density at radius 3 is 2.44 bits per heavy atom. The molecule has 1 atom stereocenters. The number of hydrogen-bond acceptors (Lipinski definition) is 3. The first-order chi connectivity index (χ1) is 8.80. The molecule has 0 aromatic heterocycles. The lowest BCUT2D eigenvalue weighted by atomic mass is 10.1. The van der Waals surface area contributed by atoms with Gasteiger partial charge < -0.3 is 15.2 Å². The first-order valence-electron chi connectivity index (χ1n) is 6.83. The van der Waals surface area contributed by atoms with Gasteiger partial charge in [0.2, 0.25) is 0 Å². The molecular formula is C15H25NO2. The van der Waals surface area contributed by atoms with Gasteiger partial charge in [-0.05, 0) is 31.0 Å². The van der Waals surface area contributed by atoms with Gasteiger partial charge in [0.25, 0.3) is 0 Å². The SMILES string of the molecule is CCCc1ccc(OCCC(CN)OCC)cc1. The Morgan fingerprint density at radius 2 is 1.89 bits per heavy atom. The monoisotopic (exact) mass is 251 g/mol. The maximum atomic E-state index is 5.68. The van der Waals surface area contributed by atoms with Crippen LogP contribution in [0.5, 0.6) is 5.75 Å². The smallest absolute Gasteiger partial charge is 0.119 e. The van der Waals surface area contributed by atoms with Crippen molar-refractivity contribution in [1.82, 2.24) is 0 Å². The molecule has 1 aromatic carbocycles. The first-order valence-corrected chi connectivity index (χ1v) is 6.83. The molecular weight excluding hydrogens is 226 g/mol. The molecule has 0 bridgehead atoms. The highest BCUT2D eigenvalue weighted by atomic mass is 16.5. The molecule has 0 saturated carbocycles. The van der Waals surface area contributed by atoms with Crippen LogP contribution < -0.4 is 10.5 Å². The second-order valence-electron chi connectivity index (χ2n) is 4.34. The van der Waals surface area contributed by atoms with Crippen molar-refractivity contribution in [3.05, 3.63) is 29.8 Å². The molecule has 1 rings (SSSR count). The van der Waals surface area contributed by atoms with Gasteiger partial charge >= 0.3 is 0 Å². The largest absolute Gasteiger partial charge is 0.493 e. The van der Waals surface area contributed by atoms with Crippen LogP contribution in [0.15, 0.2) is 24.3 Å². The van der Waals surface area contributed by atoms with Crippen LogP contribution >= 0.6 is 0 Å². The summed E-state index contributed by atoms with van der Waals surface area (Å²) in [4.78, 5) is 0. The standard InChI is InChI=1S/C15H25NO2/c1-3-5-13-6-8-14(9-7-13)18-11-10-15(12-16)17-4-2/h6-9,15H,3-5,10-12,16H2,1-2H3. The molecule has 0 spiro atoms. The third-order valence-electron chi connectivity index (χ3n) is 2.84. The average Bonchev–Trinajstić information content (AvgIpc) is 2.40. The molecule has 0 fully saturated rings. The minimum atomic E-state index is 0.106. The van der Waals surface area contributed by atoms with Crippen LogP contribution in [0, 0.1) is 0 Å². The van der Waals surface area contributed by atoms with Crippen molar-refractivity contribution in [3.63, 3.8) is 0 Å². The van der Waals surface area contributed by atoms with Crippen LogP contribution in [-0.2, 0) is 11.2 Å². The molecule has 18 heavy (non-hydrogen) atoms. The molecule has 0 heterocycles. The van der Waals surface area contributed by atoms with Gasteiger partial charge in [0.1, 0.15) is 5.75 Å². The highest BCUT2D eigenvalue weighted by molar-refractivity contribution is 5.27. The normalized spacial score (nSPS) is 12.4. The van der Waals surface area contributed by atoms with E-state index in [1.165, 1.54) is 12.0 Å². The van der Waals surface area contributed by atoms with E-state index in [-0.39, 0.29) is 6.10 Å². The van der Waals surface area contributed by atoms with Gasteiger partial charge in [0.05, 0.1) is 12.7 Å². The van der Waals surface area contributed by atoms with Gasteiger partial charge in [-0.3, -0.25) is 0 Å². The van der Waals surface area contributed by atoms with E-state index in [0.717, 1.165) is 18.6 Å². The zero-order valence-corrected chi connectivity index (χ0v) is 11.5. The van der Waals surface area contributed by atoms with Gasteiger partial charge in [0, 0.05) is 19.6 Å². The third-order valence-corrected chi connectivity index (χ3v) is 2.84. The summed E-state index contributed by atoms with van der Waals surface area (Å²) in [5.41, 5.74) is 6.97. The summed E-state index contributed by atoms with van der Waals surface area (Å²) >= 11 is 0. The summed E-state index contributed by atoms with van der Waals surface area (Å²) in [6.45, 7) is 6.07. The second-order valence-corrected chi connectivity index (χ2v) is 4.34. The highest BCUT2D eigenvalue weighted by Crippen LogP contribution is 2.14. The predicted molar refractivity (Wildman–Crippen MR) is 75.0 cm³/mol. The summed E-state index contributed by atoms with van der Waals surface area (Å²) in [5, 5.41) is 0. The van der Waals surface area contributed by atoms with E-state index in [1.807, 2.05) is 19.1 Å². The van der Waals surface area contributed by atoms with Crippen LogP contribution in [0.4, 0.5) is 0 Å². The number of hydrogen-bond donors (Lipinski definition) is 1. The molecule has 1 unspecified atom stereocenters. The number of nitrogens with two attached hydrogens (primary N) is 1. The van der Waals surface area contributed by atoms with Gasteiger partial charge in [-0.1, -0.05) is 25.5 Å². The Morgan fingerprint density at radius 1 is 1.17 bits per heavy atom. The number of aryl methyl sites for hydroxylation is 1. The lowest BCUT2D eigenvalue weighted by Crippen LogP contribution is -2.25. The van der Waals surface area contributed by atoms with Crippen molar-refractivity contribution in [3.8, 4) is 5.75 Å². The van der Waals surface area contributed by atoms with Crippen molar-refractivity contribution >= 4 is 0 Å². The van der Waals surface area contributed by atoms with Crippen molar-refractivity contribution in [2.45, 2.75) is 39.2 Å². The summed E-state index contributed by atoms with van der Waals surface area (Å²) in [6, 6.07) is 8.32. The highest BCUT2D eigenvalue weighted by Gasteiger charge is 2.05. The summed E-state index contributed by atoms with van der Waals surface area (Å²) in [6.07, 6.45) is 3.24. The van der Waals surface area contributed by atoms with Crippen molar-refractivity contribution in [1.29, 1.82) is 0 Å². The number of ether oxygens (including phenoxy) is 2. The minimum Gasteiger partial charge on any atom is -0.493 e. The molecule has 0 aliphatic heterocycles. The van der Waals surface area contributed by atoms with Crippen LogP contribution in [0.1, 0.15) is 32.3 Å². The molecule has 0 amide bonds. The topological polar surface area (TPSA) is 44.5 Å². The maximum absolute atomic E-state index is 5.68. The van der Waals surface area contributed by atoms with Crippen LogP contribution in [0.25, 0.3) is 0 Å². The van der Waals surface area contributed by atoms with Crippen molar-refractivity contribution in [2.75, 3.05) is 19.8 Å². The van der Waals surface area contributed by atoms with E-state index in [2.05, 4.69) is 19.1 Å². The van der Waals surface area contributed by atoms with E-state index >= 15 is 0 Å². The van der Waals surface area contributed by atoms with Gasteiger partial charge in [0.15, 0.2) is 0 Å². The lowest BCUT2D eigenvalue weighted by Gasteiger charge is -2.15. The summed E-state index contributed by atoms with van der Waals surface area (Å²) in [5.74, 6) is 0.919. The molecule has 3 nitrogen and oxygen atoms in total. The van der Waals surface area contributed by atoms with Gasteiger partial charge in [-0.25, -0.2) is 0 Å². The van der Waals surface area contributed by atoms with Crippen molar-refractivity contribution in [2.24, 2.45) is 5.73 Å². The first kappa shape index (κ1) is 15.0. The van der Waals surface area contributed by atoms with E-state index in [9.17, 15) is 0 Å². The molecule has 102 valence electrons. The van der Waals surface area contributed by atoms with Crippen LogP contribution in [0.2, 0.25) is 0 Å². The third kappa shape index (κ3) is 5.52. The van der Waals surface area contributed by atoms with E-state index in [1.54, 1.807) is 0 Å². The van der Waals surface area contributed by atoms with Crippen LogP contribution in [0.3, 0.4) is 0 Å². The Hall–Kier alpha value is -1.06. The molecule has 0 radical (unpaired) electrons. The van der Waals surface area contributed by atoms with Gasteiger partial charge in [-0.15, -0.1) is 0 Å². The Labute approximate surface area is 110 Å². The number of rotatable bonds is 9. The van der Waals surface area contributed by atoms with Crippen LogP contribution in [-0.4, -0.2) is 25.9 Å². The van der Waals surface area contributed by atoms with Gasteiger partial charge in [-0.2, -0.15) is 0 Å². The zero-order chi connectivity index (χ0) is 13.2. The molecule has 1 aromatic rings. The minimum absolute atomic E-state index is 0.106. The van der Waals surface area contributed by atoms with Crippen molar-refractivity contribution < 1.29 is 9.47 Å². The summed E-state index contributed by atoms with van der Waals surface area (Å²) in [7, 11) is 0. The molecule has 3 heteroatoms. The maximum Gasteiger partial charge on any atom is 0.119 e. The molecule has 0 saturated heterocycles. The fourth-order valence-electron chi connectivity index (χ4n) is 1.85. The number of benzene rings is 1.